The van der Waals surface area contributed by atoms with Gasteiger partial charge >= 0.3 is 0 Å². The number of amides is 1. The highest BCUT2D eigenvalue weighted by Gasteiger charge is 2.14. The molecule has 0 spiro atoms. The smallest absolute Gasteiger partial charge is 0.258 e. The topological polar surface area (TPSA) is 65.8 Å². The van der Waals surface area contributed by atoms with Gasteiger partial charge in [-0.1, -0.05) is 53.9 Å². The lowest BCUT2D eigenvalue weighted by atomic mass is 10.0. The predicted octanol–water partition coefficient (Wildman–Crippen LogP) is 7.64. The van der Waals surface area contributed by atoms with Gasteiger partial charge in [-0.05, 0) is 72.2 Å². The maximum absolute atomic E-state index is 13.9. The molecule has 1 amide bonds. The number of anilines is 1. The largest absolute Gasteiger partial charge is 0.325 e. The molecule has 0 atom stereocenters. The van der Waals surface area contributed by atoms with Crippen LogP contribution in [0.25, 0.3) is 5.57 Å². The van der Waals surface area contributed by atoms with Crippen LogP contribution in [0.3, 0.4) is 0 Å². The molecule has 0 saturated carbocycles. The van der Waals surface area contributed by atoms with E-state index in [1.165, 1.54) is 31.3 Å². The van der Waals surface area contributed by atoms with Crippen LogP contribution in [-0.2, 0) is 0 Å². The SMILES string of the molecule is CC/C(=C\C(=NC)N=C(NC(=O)c1ccc(Cl)c(F)c1)Nc1cc(F)cc(Cl)c1)c1ccc(Cl)cc1. The molecule has 3 aromatic rings. The van der Waals surface area contributed by atoms with E-state index in [0.717, 1.165) is 23.3 Å². The zero-order valence-corrected chi connectivity index (χ0v) is 21.5. The van der Waals surface area contributed by atoms with Gasteiger partial charge in [-0.2, -0.15) is 4.99 Å². The van der Waals surface area contributed by atoms with Crippen molar-refractivity contribution < 1.29 is 13.6 Å². The number of allylic oxidation sites excluding steroid dienone is 1. The average Bonchev–Trinajstić information content (AvgIpc) is 2.83. The van der Waals surface area contributed by atoms with Crippen molar-refractivity contribution in [2.45, 2.75) is 13.3 Å². The lowest BCUT2D eigenvalue weighted by molar-refractivity contribution is 0.0976. The first kappa shape index (κ1) is 27.3. The first-order valence-corrected chi connectivity index (χ1v) is 11.8. The van der Waals surface area contributed by atoms with Crippen molar-refractivity contribution in [3.05, 3.63) is 105 Å². The van der Waals surface area contributed by atoms with E-state index in [4.69, 9.17) is 34.8 Å². The molecule has 0 aromatic heterocycles. The Hall–Kier alpha value is -3.26. The quantitative estimate of drug-likeness (QED) is 0.254. The molecule has 0 aliphatic carbocycles. The first-order chi connectivity index (χ1) is 17.2. The van der Waals surface area contributed by atoms with Crippen molar-refractivity contribution in [3.8, 4) is 0 Å². The summed E-state index contributed by atoms with van der Waals surface area (Å²) in [7, 11) is 1.54. The molecule has 0 heterocycles. The van der Waals surface area contributed by atoms with Crippen molar-refractivity contribution in [1.82, 2.24) is 5.32 Å². The second kappa shape index (κ2) is 12.6. The third-order valence-corrected chi connectivity index (χ3v) is 5.67. The number of carbonyl (C=O) groups excluding carboxylic acids is 1. The molecule has 0 bridgehead atoms. The summed E-state index contributed by atoms with van der Waals surface area (Å²) in [5, 5.41) is 6.04. The summed E-state index contributed by atoms with van der Waals surface area (Å²) in [4.78, 5) is 21.5. The van der Waals surface area contributed by atoms with Crippen molar-refractivity contribution in [3.63, 3.8) is 0 Å². The fraction of sp³-hybridized carbons (Fsp3) is 0.115. The lowest BCUT2D eigenvalue weighted by Crippen LogP contribution is -2.36. The predicted molar refractivity (Wildman–Crippen MR) is 144 cm³/mol. The maximum atomic E-state index is 13.9. The molecule has 36 heavy (non-hydrogen) atoms. The van der Waals surface area contributed by atoms with Gasteiger partial charge in [0.15, 0.2) is 5.84 Å². The first-order valence-electron chi connectivity index (χ1n) is 10.7. The highest BCUT2D eigenvalue weighted by molar-refractivity contribution is 6.31. The van der Waals surface area contributed by atoms with Crippen molar-refractivity contribution in [2.24, 2.45) is 9.98 Å². The molecular formula is C26H21Cl3F2N4O. The Labute approximate surface area is 222 Å². The third-order valence-electron chi connectivity index (χ3n) is 4.89. The number of benzene rings is 3. The Bertz CT molecular complexity index is 1340. The molecule has 3 aromatic carbocycles. The standard InChI is InChI=1S/C26H21Cl3F2N4O/c1-3-15(16-4-7-18(27)8-5-16)11-24(32-2)34-26(33-21-13-19(28)12-20(30)14-21)35-25(36)17-6-9-22(29)23(31)10-17/h4-14H,3H2,1-2H3,(H2,32,33,34,35,36)/b15-11+. The molecule has 0 saturated heterocycles. The van der Waals surface area contributed by atoms with E-state index in [9.17, 15) is 13.6 Å². The minimum atomic E-state index is -0.748. The van der Waals surface area contributed by atoms with E-state index in [2.05, 4.69) is 20.6 Å². The Balaban J connectivity index is 1.99. The number of nitrogens with one attached hydrogen (secondary N) is 2. The Morgan fingerprint density at radius 1 is 0.944 bits per heavy atom. The van der Waals surface area contributed by atoms with Crippen molar-refractivity contribution in [2.75, 3.05) is 12.4 Å². The van der Waals surface area contributed by atoms with Gasteiger partial charge in [0, 0.05) is 28.3 Å². The van der Waals surface area contributed by atoms with Gasteiger partial charge in [-0.15, -0.1) is 0 Å². The number of amidine groups is 1. The van der Waals surface area contributed by atoms with E-state index in [1.807, 2.05) is 19.1 Å². The van der Waals surface area contributed by atoms with Crippen LogP contribution in [-0.4, -0.2) is 24.8 Å². The Kier molecular flexibility index (Phi) is 9.58. The molecular weight excluding hydrogens is 529 g/mol. The summed E-state index contributed by atoms with van der Waals surface area (Å²) in [6, 6.07) is 14.7. The number of guanidine groups is 1. The Morgan fingerprint density at radius 3 is 2.25 bits per heavy atom. The van der Waals surface area contributed by atoms with E-state index in [-0.39, 0.29) is 33.1 Å². The molecule has 0 fully saturated rings. The molecule has 5 nitrogen and oxygen atoms in total. The van der Waals surface area contributed by atoms with Gasteiger partial charge in [-0.25, -0.2) is 8.78 Å². The number of carbonyl (C=O) groups is 1. The fourth-order valence-corrected chi connectivity index (χ4v) is 3.60. The number of hydrogen-bond acceptors (Lipinski definition) is 2. The van der Waals surface area contributed by atoms with Crippen LogP contribution in [0.2, 0.25) is 15.1 Å². The Morgan fingerprint density at radius 2 is 1.64 bits per heavy atom. The number of nitrogens with zero attached hydrogens (tertiary/aromatic N) is 2. The number of halogens is 5. The van der Waals surface area contributed by atoms with Gasteiger partial charge in [0.2, 0.25) is 5.96 Å². The van der Waals surface area contributed by atoms with Crippen molar-refractivity contribution >= 4 is 63.8 Å². The lowest BCUT2D eigenvalue weighted by Gasteiger charge is -2.13. The van der Waals surface area contributed by atoms with Gasteiger partial charge in [0.25, 0.3) is 5.91 Å². The molecule has 10 heteroatoms. The van der Waals surface area contributed by atoms with Crippen LogP contribution in [0.4, 0.5) is 14.5 Å². The zero-order chi connectivity index (χ0) is 26.2. The number of aliphatic imine (C=N–C) groups is 2. The van der Waals surface area contributed by atoms with Crippen LogP contribution in [0.5, 0.6) is 0 Å². The summed E-state index contributed by atoms with van der Waals surface area (Å²) in [5.74, 6) is -1.83. The fourth-order valence-electron chi connectivity index (χ4n) is 3.14. The summed E-state index contributed by atoms with van der Waals surface area (Å²) < 4.78 is 27.8. The molecule has 0 aliphatic heterocycles. The van der Waals surface area contributed by atoms with Crippen molar-refractivity contribution in [1.29, 1.82) is 0 Å². The van der Waals surface area contributed by atoms with Crippen LogP contribution < -0.4 is 10.6 Å². The third kappa shape index (κ3) is 7.62. The molecule has 0 radical (unpaired) electrons. The normalized spacial score (nSPS) is 12.5. The second-order valence-corrected chi connectivity index (χ2v) is 8.72. The highest BCUT2D eigenvalue weighted by Crippen LogP contribution is 2.21. The van der Waals surface area contributed by atoms with Gasteiger partial charge in [-0.3, -0.25) is 15.1 Å². The average molecular weight is 550 g/mol. The summed E-state index contributed by atoms with van der Waals surface area (Å²) in [5.41, 5.74) is 2.07. The zero-order valence-electron chi connectivity index (χ0n) is 19.3. The van der Waals surface area contributed by atoms with Gasteiger partial charge in [0.1, 0.15) is 11.6 Å². The van der Waals surface area contributed by atoms with Crippen LogP contribution in [0.15, 0.2) is 76.7 Å². The van der Waals surface area contributed by atoms with Gasteiger partial charge < -0.3 is 5.32 Å². The second-order valence-electron chi connectivity index (χ2n) is 7.44. The van der Waals surface area contributed by atoms with E-state index < -0.39 is 17.5 Å². The molecule has 186 valence electrons. The summed E-state index contributed by atoms with van der Waals surface area (Å²) >= 11 is 17.7. The van der Waals surface area contributed by atoms with E-state index in [0.29, 0.717) is 11.4 Å². The number of rotatable bonds is 5. The minimum Gasteiger partial charge on any atom is -0.325 e. The number of hydrogen-bond donors (Lipinski definition) is 2. The molecule has 2 N–H and O–H groups in total. The van der Waals surface area contributed by atoms with Crippen LogP contribution in [0, 0.1) is 11.6 Å². The molecule has 0 aliphatic rings. The molecule has 0 unspecified atom stereocenters. The molecule has 3 rings (SSSR count). The maximum Gasteiger partial charge on any atom is 0.258 e. The summed E-state index contributed by atoms with van der Waals surface area (Å²) in [6.07, 6.45) is 2.41. The highest BCUT2D eigenvalue weighted by atomic mass is 35.5. The van der Waals surface area contributed by atoms with Gasteiger partial charge in [0.05, 0.1) is 5.02 Å². The monoisotopic (exact) mass is 548 g/mol. The van der Waals surface area contributed by atoms with E-state index >= 15 is 0 Å². The minimum absolute atomic E-state index is 0.00427. The van der Waals surface area contributed by atoms with E-state index in [1.54, 1.807) is 18.2 Å². The van der Waals surface area contributed by atoms with Crippen LogP contribution >= 0.6 is 34.8 Å². The van der Waals surface area contributed by atoms with Crippen LogP contribution in [0.1, 0.15) is 29.3 Å². The summed E-state index contributed by atoms with van der Waals surface area (Å²) in [6.45, 7) is 1.97.